The van der Waals surface area contributed by atoms with Crippen LogP contribution < -0.4 is 10.5 Å². The molecular weight excluding hydrogens is 298 g/mol. The number of hydrogen-bond donors (Lipinski definition) is 2. The van der Waals surface area contributed by atoms with E-state index in [-0.39, 0.29) is 18.6 Å². The lowest BCUT2D eigenvalue weighted by atomic mass is 10.1. The predicted molar refractivity (Wildman–Crippen MR) is 85.2 cm³/mol. The van der Waals surface area contributed by atoms with Gasteiger partial charge >= 0.3 is 0 Å². The summed E-state index contributed by atoms with van der Waals surface area (Å²) >= 11 is 0. The number of ether oxygens (including phenoxy) is 1. The molecule has 3 N–H and O–H groups in total. The number of aliphatic hydroxyl groups excluding tert-OH is 1. The van der Waals surface area contributed by atoms with Crippen LogP contribution in [0.15, 0.2) is 24.3 Å². The van der Waals surface area contributed by atoms with Gasteiger partial charge < -0.3 is 20.5 Å². The van der Waals surface area contributed by atoms with E-state index in [2.05, 4.69) is 4.90 Å². The number of nitrogens with two attached hydrogens (primary N) is 1. The highest BCUT2D eigenvalue weighted by Crippen LogP contribution is 2.16. The summed E-state index contributed by atoms with van der Waals surface area (Å²) in [6.07, 6.45) is -0.365. The van der Waals surface area contributed by atoms with Crippen molar-refractivity contribution in [2.45, 2.75) is 13.0 Å². The lowest BCUT2D eigenvalue weighted by molar-refractivity contribution is -0.119. The molecule has 0 radical (unpaired) electrons. The Hall–Kier alpha value is -2.12. The summed E-state index contributed by atoms with van der Waals surface area (Å²) in [4.78, 5) is 27.2. The molecule has 1 heterocycles. The van der Waals surface area contributed by atoms with E-state index >= 15 is 0 Å². The fraction of sp³-hybridized carbons (Fsp3) is 0.500. The highest BCUT2D eigenvalue weighted by molar-refractivity contribution is 5.94. The van der Waals surface area contributed by atoms with Crippen molar-refractivity contribution in [3.05, 3.63) is 29.8 Å². The summed E-state index contributed by atoms with van der Waals surface area (Å²) in [5.41, 5.74) is 5.56. The Morgan fingerprint density at radius 2 is 2.00 bits per heavy atom. The topological polar surface area (TPSA) is 96.1 Å². The summed E-state index contributed by atoms with van der Waals surface area (Å²) in [5, 5.41) is 9.41. The summed E-state index contributed by atoms with van der Waals surface area (Å²) in [5.74, 6) is -0.176. The van der Waals surface area contributed by atoms with Crippen LogP contribution in [0, 0.1) is 0 Å². The molecule has 1 aliphatic heterocycles. The van der Waals surface area contributed by atoms with Gasteiger partial charge in [-0.25, -0.2) is 0 Å². The van der Waals surface area contributed by atoms with Crippen LogP contribution in [-0.4, -0.2) is 72.2 Å². The van der Waals surface area contributed by atoms with Crippen LogP contribution in [0.5, 0.6) is 5.75 Å². The van der Waals surface area contributed by atoms with Crippen molar-refractivity contribution < 1.29 is 19.4 Å². The van der Waals surface area contributed by atoms with Crippen LogP contribution in [-0.2, 0) is 4.79 Å². The molecule has 23 heavy (non-hydrogen) atoms. The van der Waals surface area contributed by atoms with Crippen molar-refractivity contribution in [2.24, 2.45) is 5.73 Å². The smallest absolute Gasteiger partial charge is 0.255 e. The normalized spacial score (nSPS) is 16.9. The van der Waals surface area contributed by atoms with Gasteiger partial charge in [-0.2, -0.15) is 0 Å². The fourth-order valence-corrected chi connectivity index (χ4v) is 2.56. The number of primary amides is 1. The van der Waals surface area contributed by atoms with Gasteiger partial charge in [0.25, 0.3) is 11.8 Å². The second-order valence-electron chi connectivity index (χ2n) is 5.72. The molecule has 1 aromatic carbocycles. The number of amides is 2. The molecule has 0 aliphatic carbocycles. The van der Waals surface area contributed by atoms with Crippen molar-refractivity contribution >= 4 is 11.8 Å². The molecule has 7 nitrogen and oxygen atoms in total. The lowest BCUT2D eigenvalue weighted by Crippen LogP contribution is -2.50. The third-order valence-electron chi connectivity index (χ3n) is 3.64. The first-order chi connectivity index (χ1) is 11.0. The summed E-state index contributed by atoms with van der Waals surface area (Å²) in [6.45, 7) is 4.90. The third kappa shape index (κ3) is 5.22. The number of β-amino-alcohol motifs (C(OH)–C–C–N with tert-alkyl or cyclic N) is 1. The largest absolute Gasteiger partial charge is 0.484 e. The van der Waals surface area contributed by atoms with E-state index in [1.165, 1.54) is 0 Å². The highest BCUT2D eigenvalue weighted by atomic mass is 16.5. The molecule has 0 bridgehead atoms. The van der Waals surface area contributed by atoms with Crippen LogP contribution in [0.4, 0.5) is 0 Å². The Kier molecular flexibility index (Phi) is 5.95. The highest BCUT2D eigenvalue weighted by Gasteiger charge is 2.22. The van der Waals surface area contributed by atoms with Crippen LogP contribution in [0.1, 0.15) is 17.3 Å². The Balaban J connectivity index is 1.93. The maximum atomic E-state index is 12.5. The molecule has 2 amide bonds. The first-order valence-electron chi connectivity index (χ1n) is 7.66. The van der Waals surface area contributed by atoms with E-state index < -0.39 is 5.91 Å². The van der Waals surface area contributed by atoms with E-state index in [0.717, 1.165) is 13.1 Å². The molecule has 1 aliphatic rings. The van der Waals surface area contributed by atoms with Gasteiger partial charge in [0.2, 0.25) is 0 Å². The molecule has 0 unspecified atom stereocenters. The van der Waals surface area contributed by atoms with Gasteiger partial charge in [-0.15, -0.1) is 0 Å². The first kappa shape index (κ1) is 17.2. The van der Waals surface area contributed by atoms with Crippen LogP contribution in [0.2, 0.25) is 0 Å². The van der Waals surface area contributed by atoms with E-state index in [0.29, 0.717) is 30.9 Å². The summed E-state index contributed by atoms with van der Waals surface area (Å²) < 4.78 is 5.23. The number of hydrogen-bond acceptors (Lipinski definition) is 5. The second kappa shape index (κ2) is 7.94. The molecule has 2 rings (SSSR count). The van der Waals surface area contributed by atoms with E-state index in [4.69, 9.17) is 10.5 Å². The number of carbonyl (C=O) groups excluding carboxylic acids is 2. The predicted octanol–water partition coefficient (Wildman–Crippen LogP) is -0.311. The minimum Gasteiger partial charge on any atom is -0.484 e. The van der Waals surface area contributed by atoms with Crippen molar-refractivity contribution in [2.75, 3.05) is 39.3 Å². The first-order valence-corrected chi connectivity index (χ1v) is 7.66. The standard InChI is InChI=1S/C16H23N3O4/c1-12(20)10-18-5-7-19(8-6-18)16(22)13-3-2-4-14(9-13)23-11-15(17)21/h2-4,9,12,20H,5-8,10-11H2,1H3,(H2,17,21)/t12-/m0/s1. The maximum Gasteiger partial charge on any atom is 0.255 e. The zero-order valence-electron chi connectivity index (χ0n) is 13.3. The molecule has 1 fully saturated rings. The summed E-state index contributed by atoms with van der Waals surface area (Å²) in [6, 6.07) is 6.74. The number of aliphatic hydroxyl groups is 1. The van der Waals surface area contributed by atoms with Crippen LogP contribution in [0.25, 0.3) is 0 Å². The molecule has 7 heteroatoms. The van der Waals surface area contributed by atoms with Gasteiger partial charge in [0.15, 0.2) is 6.61 Å². The van der Waals surface area contributed by atoms with Gasteiger partial charge in [0, 0.05) is 38.3 Å². The third-order valence-corrected chi connectivity index (χ3v) is 3.64. The number of piperazine rings is 1. The average Bonchev–Trinajstić information content (AvgIpc) is 2.53. The Bertz CT molecular complexity index is 554. The Morgan fingerprint density at radius 1 is 1.30 bits per heavy atom. The zero-order valence-corrected chi connectivity index (χ0v) is 13.3. The monoisotopic (exact) mass is 321 g/mol. The molecule has 126 valence electrons. The number of benzene rings is 1. The quantitative estimate of drug-likeness (QED) is 0.749. The lowest BCUT2D eigenvalue weighted by Gasteiger charge is -2.35. The van der Waals surface area contributed by atoms with Crippen molar-refractivity contribution in [1.29, 1.82) is 0 Å². The van der Waals surface area contributed by atoms with E-state index in [1.807, 2.05) is 0 Å². The number of nitrogens with zero attached hydrogens (tertiary/aromatic N) is 2. The van der Waals surface area contributed by atoms with Gasteiger partial charge in [-0.3, -0.25) is 14.5 Å². The molecule has 1 aromatic rings. The fourth-order valence-electron chi connectivity index (χ4n) is 2.56. The molecule has 0 aromatic heterocycles. The van der Waals surface area contributed by atoms with E-state index in [1.54, 1.807) is 36.1 Å². The van der Waals surface area contributed by atoms with Gasteiger partial charge in [-0.05, 0) is 25.1 Å². The van der Waals surface area contributed by atoms with Gasteiger partial charge in [0.05, 0.1) is 6.10 Å². The van der Waals surface area contributed by atoms with Crippen molar-refractivity contribution in [1.82, 2.24) is 9.80 Å². The maximum absolute atomic E-state index is 12.5. The molecule has 0 spiro atoms. The van der Waals surface area contributed by atoms with Crippen LogP contribution >= 0.6 is 0 Å². The van der Waals surface area contributed by atoms with Gasteiger partial charge in [-0.1, -0.05) is 6.07 Å². The Morgan fingerprint density at radius 3 is 2.61 bits per heavy atom. The number of carbonyl (C=O) groups is 2. The SMILES string of the molecule is C[C@H](O)CN1CCN(C(=O)c2cccc(OCC(N)=O)c2)CC1. The zero-order chi connectivity index (χ0) is 16.8. The van der Waals surface area contributed by atoms with Crippen LogP contribution in [0.3, 0.4) is 0 Å². The molecule has 1 atom stereocenters. The summed E-state index contributed by atoms with van der Waals surface area (Å²) in [7, 11) is 0. The minimum absolute atomic E-state index is 0.0637. The van der Waals surface area contributed by atoms with Crippen molar-refractivity contribution in [3.63, 3.8) is 0 Å². The van der Waals surface area contributed by atoms with Crippen molar-refractivity contribution in [3.8, 4) is 5.75 Å². The number of rotatable bonds is 6. The Labute approximate surface area is 135 Å². The molecule has 1 saturated heterocycles. The average molecular weight is 321 g/mol. The minimum atomic E-state index is -0.559. The van der Waals surface area contributed by atoms with Gasteiger partial charge in [0.1, 0.15) is 5.75 Å². The van der Waals surface area contributed by atoms with E-state index in [9.17, 15) is 14.7 Å². The molecule has 0 saturated carbocycles. The second-order valence-corrected chi connectivity index (χ2v) is 5.72. The molecular formula is C16H23N3O4.